The quantitative estimate of drug-likeness (QED) is 0.854. The lowest BCUT2D eigenvalue weighted by Gasteiger charge is -2.11. The first-order valence-electron chi connectivity index (χ1n) is 6.61. The highest BCUT2D eigenvalue weighted by Gasteiger charge is 2.16. The van der Waals surface area contributed by atoms with Crippen molar-refractivity contribution in [3.63, 3.8) is 0 Å². The maximum Gasteiger partial charge on any atom is 0.240 e. The molecule has 0 saturated carbocycles. The highest BCUT2D eigenvalue weighted by atomic mass is 32.2. The fraction of sp³-hybridized carbons (Fsp3) is 0.357. The summed E-state index contributed by atoms with van der Waals surface area (Å²) in [5, 5.41) is 12.5. The molecule has 1 heterocycles. The molecule has 1 unspecified atom stereocenters. The second-order valence-electron chi connectivity index (χ2n) is 4.68. The van der Waals surface area contributed by atoms with E-state index in [0.717, 1.165) is 5.01 Å². The molecule has 5 nitrogen and oxygen atoms in total. The van der Waals surface area contributed by atoms with E-state index in [0.29, 0.717) is 17.7 Å². The van der Waals surface area contributed by atoms with Crippen LogP contribution >= 0.6 is 11.3 Å². The summed E-state index contributed by atoms with van der Waals surface area (Å²) in [6.45, 7) is 3.88. The average Bonchev–Trinajstić information content (AvgIpc) is 2.90. The first-order valence-corrected chi connectivity index (χ1v) is 8.97. The molecule has 1 atom stereocenters. The van der Waals surface area contributed by atoms with Gasteiger partial charge in [-0.2, -0.15) is 0 Å². The molecule has 2 N–H and O–H groups in total. The minimum Gasteiger partial charge on any atom is -0.388 e. The molecule has 2 aromatic rings. The fourth-order valence-electron chi connectivity index (χ4n) is 1.87. The van der Waals surface area contributed by atoms with E-state index in [1.807, 2.05) is 19.2 Å². The molecule has 7 heteroatoms. The van der Waals surface area contributed by atoms with Gasteiger partial charge >= 0.3 is 0 Å². The Morgan fingerprint density at radius 1 is 1.43 bits per heavy atom. The number of thiazole rings is 1. The molecular weight excluding hydrogens is 308 g/mol. The predicted octanol–water partition coefficient (Wildman–Crippen LogP) is 2.37. The maximum absolute atomic E-state index is 12.3. The van der Waals surface area contributed by atoms with E-state index in [2.05, 4.69) is 9.71 Å². The Morgan fingerprint density at radius 3 is 2.81 bits per heavy atom. The van der Waals surface area contributed by atoms with Crippen molar-refractivity contribution in [1.29, 1.82) is 0 Å². The van der Waals surface area contributed by atoms with Gasteiger partial charge in [-0.25, -0.2) is 18.1 Å². The SMILES string of the molecule is CCC(O)c1cccc(S(=O)(=O)NCc2csc(C)n2)c1. The van der Waals surface area contributed by atoms with Gasteiger partial charge in [0.25, 0.3) is 0 Å². The first-order chi connectivity index (χ1) is 9.92. The summed E-state index contributed by atoms with van der Waals surface area (Å²) in [4.78, 5) is 4.37. The van der Waals surface area contributed by atoms with Crippen LogP contribution in [0.1, 0.15) is 35.7 Å². The van der Waals surface area contributed by atoms with Crippen molar-refractivity contribution in [3.8, 4) is 0 Å². The predicted molar refractivity (Wildman–Crippen MR) is 82.6 cm³/mol. The molecule has 2 rings (SSSR count). The van der Waals surface area contributed by atoms with E-state index in [9.17, 15) is 13.5 Å². The van der Waals surface area contributed by atoms with Gasteiger partial charge in [0, 0.05) is 5.38 Å². The Bertz CT molecular complexity index is 711. The number of hydrogen-bond donors (Lipinski definition) is 2. The molecule has 0 saturated heterocycles. The molecule has 1 aromatic heterocycles. The molecule has 0 amide bonds. The van der Waals surface area contributed by atoms with Gasteiger partial charge in [0.05, 0.1) is 28.2 Å². The summed E-state index contributed by atoms with van der Waals surface area (Å²) in [6.07, 6.45) is -0.115. The number of nitrogens with zero attached hydrogens (tertiary/aromatic N) is 1. The number of aromatic nitrogens is 1. The second kappa shape index (κ2) is 6.65. The molecule has 0 aliphatic rings. The minimum atomic E-state index is -3.61. The molecular formula is C14H18N2O3S2. The normalized spacial score (nSPS) is 13.3. The van der Waals surface area contributed by atoms with Gasteiger partial charge in [0.15, 0.2) is 0 Å². The number of rotatable bonds is 6. The van der Waals surface area contributed by atoms with Crippen LogP contribution in [0.25, 0.3) is 0 Å². The zero-order valence-electron chi connectivity index (χ0n) is 11.9. The molecule has 0 fully saturated rings. The van der Waals surface area contributed by atoms with Crippen LogP contribution in [0.15, 0.2) is 34.5 Å². The summed E-state index contributed by atoms with van der Waals surface area (Å²) < 4.78 is 27.0. The van der Waals surface area contributed by atoms with E-state index in [4.69, 9.17) is 0 Å². The fourth-order valence-corrected chi connectivity index (χ4v) is 3.53. The van der Waals surface area contributed by atoms with Crippen molar-refractivity contribution in [1.82, 2.24) is 9.71 Å². The second-order valence-corrected chi connectivity index (χ2v) is 7.51. The van der Waals surface area contributed by atoms with E-state index in [-0.39, 0.29) is 11.4 Å². The van der Waals surface area contributed by atoms with Gasteiger partial charge in [0.1, 0.15) is 0 Å². The van der Waals surface area contributed by atoms with Crippen LogP contribution in [0.2, 0.25) is 0 Å². The third-order valence-electron chi connectivity index (χ3n) is 3.05. The molecule has 0 bridgehead atoms. The molecule has 114 valence electrons. The van der Waals surface area contributed by atoms with Crippen molar-refractivity contribution in [3.05, 3.63) is 45.9 Å². The third-order valence-corrected chi connectivity index (χ3v) is 5.27. The number of hydrogen-bond acceptors (Lipinski definition) is 5. The highest BCUT2D eigenvalue weighted by molar-refractivity contribution is 7.89. The third kappa shape index (κ3) is 4.10. The van der Waals surface area contributed by atoms with Gasteiger partial charge < -0.3 is 5.11 Å². The summed E-state index contributed by atoms with van der Waals surface area (Å²) >= 11 is 1.48. The summed E-state index contributed by atoms with van der Waals surface area (Å²) in [5.41, 5.74) is 1.30. The van der Waals surface area contributed by atoms with Gasteiger partial charge in [-0.1, -0.05) is 19.1 Å². The first kappa shape index (κ1) is 16.1. The van der Waals surface area contributed by atoms with Crippen LogP contribution in [-0.2, 0) is 16.6 Å². The number of nitrogens with one attached hydrogen (secondary N) is 1. The number of sulfonamides is 1. The minimum absolute atomic E-state index is 0.152. The van der Waals surface area contributed by atoms with Crippen molar-refractivity contribution >= 4 is 21.4 Å². The van der Waals surface area contributed by atoms with Gasteiger partial charge in [-0.15, -0.1) is 11.3 Å². The summed E-state index contributed by atoms with van der Waals surface area (Å²) in [6, 6.07) is 6.37. The average molecular weight is 326 g/mol. The van der Waals surface area contributed by atoms with E-state index in [1.54, 1.807) is 12.1 Å². The number of benzene rings is 1. The van der Waals surface area contributed by atoms with Crippen molar-refractivity contribution in [2.75, 3.05) is 0 Å². The van der Waals surface area contributed by atoms with E-state index < -0.39 is 16.1 Å². The Morgan fingerprint density at radius 2 is 2.19 bits per heavy atom. The monoisotopic (exact) mass is 326 g/mol. The topological polar surface area (TPSA) is 79.3 Å². The molecule has 1 aromatic carbocycles. The van der Waals surface area contributed by atoms with E-state index >= 15 is 0 Å². The lowest BCUT2D eigenvalue weighted by molar-refractivity contribution is 0.173. The van der Waals surface area contributed by atoms with Crippen LogP contribution in [0.4, 0.5) is 0 Å². The van der Waals surface area contributed by atoms with Gasteiger partial charge in [-0.3, -0.25) is 0 Å². The zero-order valence-corrected chi connectivity index (χ0v) is 13.5. The maximum atomic E-state index is 12.3. The highest BCUT2D eigenvalue weighted by Crippen LogP contribution is 2.20. The summed E-state index contributed by atoms with van der Waals surface area (Å²) in [7, 11) is -3.61. The van der Waals surface area contributed by atoms with Crippen LogP contribution in [0.3, 0.4) is 0 Å². The largest absolute Gasteiger partial charge is 0.388 e. The lowest BCUT2D eigenvalue weighted by atomic mass is 10.1. The van der Waals surface area contributed by atoms with Crippen LogP contribution in [-0.4, -0.2) is 18.5 Å². The Hall–Kier alpha value is -1.28. The Kier molecular flexibility index (Phi) is 5.10. The van der Waals surface area contributed by atoms with Crippen molar-refractivity contribution < 1.29 is 13.5 Å². The number of aliphatic hydroxyl groups is 1. The van der Waals surface area contributed by atoms with Gasteiger partial charge in [-0.05, 0) is 31.0 Å². The van der Waals surface area contributed by atoms with Crippen molar-refractivity contribution in [2.45, 2.75) is 37.8 Å². The molecule has 21 heavy (non-hydrogen) atoms. The molecule has 0 radical (unpaired) electrons. The molecule has 0 aliphatic carbocycles. The zero-order chi connectivity index (χ0) is 15.5. The standard InChI is InChI=1S/C14H18N2O3S2/c1-3-14(17)11-5-4-6-13(7-11)21(18,19)15-8-12-9-20-10(2)16-12/h4-7,9,14-15,17H,3,8H2,1-2H3. The van der Waals surface area contributed by atoms with Crippen LogP contribution in [0.5, 0.6) is 0 Å². The Balaban J connectivity index is 2.15. The van der Waals surface area contributed by atoms with Gasteiger partial charge in [0.2, 0.25) is 10.0 Å². The lowest BCUT2D eigenvalue weighted by Crippen LogP contribution is -2.23. The summed E-state index contributed by atoms with van der Waals surface area (Å²) in [5.74, 6) is 0. The van der Waals surface area contributed by atoms with Crippen molar-refractivity contribution in [2.24, 2.45) is 0 Å². The van der Waals surface area contributed by atoms with Crippen LogP contribution < -0.4 is 4.72 Å². The van der Waals surface area contributed by atoms with Crippen LogP contribution in [0, 0.1) is 6.92 Å². The molecule has 0 aliphatic heterocycles. The van der Waals surface area contributed by atoms with E-state index in [1.165, 1.54) is 23.5 Å². The number of aryl methyl sites for hydroxylation is 1. The molecule has 0 spiro atoms. The Labute approximate surface area is 128 Å². The number of aliphatic hydroxyl groups excluding tert-OH is 1. The smallest absolute Gasteiger partial charge is 0.240 e.